The van der Waals surface area contributed by atoms with Crippen LogP contribution in [0.3, 0.4) is 0 Å². The van der Waals surface area contributed by atoms with Crippen molar-refractivity contribution < 1.29 is 13.2 Å². The first kappa shape index (κ1) is 17.6. The third-order valence-electron chi connectivity index (χ3n) is 3.91. The molecule has 0 bridgehead atoms. The van der Waals surface area contributed by atoms with E-state index in [0.717, 1.165) is 23.4 Å². The highest BCUT2D eigenvalue weighted by Crippen LogP contribution is 2.34. The van der Waals surface area contributed by atoms with E-state index in [1.807, 2.05) is 0 Å². The van der Waals surface area contributed by atoms with Gasteiger partial charge in [0.1, 0.15) is 11.1 Å². The van der Waals surface area contributed by atoms with Crippen molar-refractivity contribution in [3.63, 3.8) is 0 Å². The molecule has 25 heavy (non-hydrogen) atoms. The van der Waals surface area contributed by atoms with E-state index in [-0.39, 0.29) is 17.2 Å². The monoisotopic (exact) mass is 376 g/mol. The number of benzene rings is 1. The highest BCUT2D eigenvalue weighted by Gasteiger charge is 2.21. The third-order valence-corrected chi connectivity index (χ3v) is 5.99. The normalized spacial score (nSPS) is 13.8. The fourth-order valence-corrected chi connectivity index (χ4v) is 4.39. The molecule has 0 saturated carbocycles. The van der Waals surface area contributed by atoms with Crippen LogP contribution >= 0.6 is 11.3 Å². The Labute approximate surface area is 149 Å². The number of anilines is 1. The van der Waals surface area contributed by atoms with Crippen molar-refractivity contribution in [3.8, 4) is 6.07 Å². The van der Waals surface area contributed by atoms with E-state index in [0.29, 0.717) is 22.7 Å². The average molecular weight is 376 g/mol. The number of primary sulfonamides is 1. The fraction of sp³-hybridized carbons (Fsp3) is 0.250. The van der Waals surface area contributed by atoms with Gasteiger partial charge in [0.25, 0.3) is 0 Å². The summed E-state index contributed by atoms with van der Waals surface area (Å²) in [5.74, 6) is -0.258. The number of nitriles is 1. The lowest BCUT2D eigenvalue weighted by atomic mass is 10.0. The molecule has 0 atom stereocenters. The Morgan fingerprint density at radius 3 is 2.72 bits per heavy atom. The Morgan fingerprint density at radius 2 is 2.08 bits per heavy atom. The molecule has 0 aliphatic carbocycles. The number of fused-ring (bicyclic) bond motifs is 1. The van der Waals surface area contributed by atoms with E-state index in [4.69, 9.17) is 5.14 Å². The average Bonchev–Trinajstić information content (AvgIpc) is 2.91. The van der Waals surface area contributed by atoms with Crippen LogP contribution in [0.4, 0.5) is 5.00 Å². The first-order chi connectivity index (χ1) is 11.9. The molecule has 7 nitrogen and oxygen atoms in total. The number of rotatable bonds is 4. The van der Waals surface area contributed by atoms with Gasteiger partial charge in [-0.3, -0.25) is 4.79 Å². The maximum Gasteiger partial charge on any atom is 0.238 e. The van der Waals surface area contributed by atoms with Crippen molar-refractivity contribution in [2.24, 2.45) is 5.14 Å². The number of thiophene rings is 1. The van der Waals surface area contributed by atoms with Gasteiger partial charge in [-0.2, -0.15) is 5.26 Å². The minimum absolute atomic E-state index is 0.00172. The number of amides is 1. The molecular weight excluding hydrogens is 360 g/mol. The van der Waals surface area contributed by atoms with Crippen molar-refractivity contribution in [2.75, 3.05) is 11.9 Å². The lowest BCUT2D eigenvalue weighted by Gasteiger charge is -2.11. The van der Waals surface area contributed by atoms with Crippen LogP contribution in [0, 0.1) is 11.3 Å². The smallest absolute Gasteiger partial charge is 0.238 e. The van der Waals surface area contributed by atoms with Gasteiger partial charge in [-0.1, -0.05) is 12.1 Å². The number of carbonyl (C=O) groups is 1. The maximum absolute atomic E-state index is 12.3. The van der Waals surface area contributed by atoms with Gasteiger partial charge in [0.05, 0.1) is 16.9 Å². The molecule has 0 spiro atoms. The molecule has 2 aromatic rings. The standard InChI is InChI=1S/C16H16N4O3S2/c17-8-13-12-5-6-19-9-14(12)24-16(13)20-15(21)7-10-1-3-11(4-2-10)25(18,22)23/h1-4,19H,5-7,9H2,(H,20,21)(H2,18,22,23). The molecule has 1 aromatic carbocycles. The molecule has 0 radical (unpaired) electrons. The van der Waals surface area contributed by atoms with E-state index in [1.54, 1.807) is 12.1 Å². The number of hydrogen-bond donors (Lipinski definition) is 3. The minimum atomic E-state index is -3.75. The van der Waals surface area contributed by atoms with Gasteiger partial charge in [-0.15, -0.1) is 11.3 Å². The summed E-state index contributed by atoms with van der Waals surface area (Å²) in [5.41, 5.74) is 2.21. The van der Waals surface area contributed by atoms with E-state index in [2.05, 4.69) is 16.7 Å². The van der Waals surface area contributed by atoms with Gasteiger partial charge in [0.15, 0.2) is 0 Å². The fourth-order valence-electron chi connectivity index (χ4n) is 2.69. The molecule has 4 N–H and O–H groups in total. The summed E-state index contributed by atoms with van der Waals surface area (Å²) in [6, 6.07) is 8.02. The molecule has 0 unspecified atom stereocenters. The summed E-state index contributed by atoms with van der Waals surface area (Å²) in [6.45, 7) is 1.53. The molecule has 130 valence electrons. The van der Waals surface area contributed by atoms with E-state index in [1.165, 1.54) is 23.5 Å². The van der Waals surface area contributed by atoms with Crippen LogP contribution in [-0.2, 0) is 34.2 Å². The van der Waals surface area contributed by atoms with Crippen molar-refractivity contribution in [3.05, 3.63) is 45.8 Å². The number of nitrogens with two attached hydrogens (primary N) is 1. The predicted molar refractivity (Wildman–Crippen MR) is 94.6 cm³/mol. The predicted octanol–water partition coefficient (Wildman–Crippen LogP) is 1.09. The second kappa shape index (κ2) is 6.93. The second-order valence-corrected chi connectivity index (χ2v) is 8.33. The first-order valence-corrected chi connectivity index (χ1v) is 9.91. The molecule has 1 aromatic heterocycles. The lowest BCUT2D eigenvalue weighted by molar-refractivity contribution is -0.115. The molecule has 3 rings (SSSR count). The van der Waals surface area contributed by atoms with Crippen LogP contribution in [0.15, 0.2) is 29.2 Å². The summed E-state index contributed by atoms with van der Waals surface area (Å²) in [6.07, 6.45) is 0.857. The van der Waals surface area contributed by atoms with Crippen LogP contribution in [0.2, 0.25) is 0 Å². The SMILES string of the molecule is N#Cc1c(NC(=O)Cc2ccc(S(N)(=O)=O)cc2)sc2c1CCNC2. The van der Waals surface area contributed by atoms with Crippen LogP contribution in [0.5, 0.6) is 0 Å². The van der Waals surface area contributed by atoms with Gasteiger partial charge >= 0.3 is 0 Å². The van der Waals surface area contributed by atoms with E-state index < -0.39 is 10.0 Å². The van der Waals surface area contributed by atoms with Crippen molar-refractivity contribution in [1.82, 2.24) is 5.32 Å². The van der Waals surface area contributed by atoms with Crippen molar-refractivity contribution in [2.45, 2.75) is 24.3 Å². The summed E-state index contributed by atoms with van der Waals surface area (Å²) >= 11 is 1.42. The molecule has 0 saturated heterocycles. The third kappa shape index (κ3) is 3.88. The largest absolute Gasteiger partial charge is 0.316 e. The zero-order chi connectivity index (χ0) is 18.0. The van der Waals surface area contributed by atoms with E-state index >= 15 is 0 Å². The molecule has 2 heterocycles. The van der Waals surface area contributed by atoms with Crippen LogP contribution in [0.1, 0.15) is 21.6 Å². The van der Waals surface area contributed by atoms with Gasteiger partial charge in [0, 0.05) is 11.4 Å². The first-order valence-electron chi connectivity index (χ1n) is 7.55. The Bertz CT molecular complexity index is 957. The number of sulfonamides is 1. The number of hydrogen-bond acceptors (Lipinski definition) is 6. The number of carbonyl (C=O) groups excluding carboxylic acids is 1. The highest BCUT2D eigenvalue weighted by molar-refractivity contribution is 7.89. The zero-order valence-electron chi connectivity index (χ0n) is 13.2. The molecule has 1 aliphatic heterocycles. The van der Waals surface area contributed by atoms with Crippen LogP contribution in [0.25, 0.3) is 0 Å². The van der Waals surface area contributed by atoms with Gasteiger partial charge in [-0.05, 0) is 36.2 Å². The summed E-state index contributed by atoms with van der Waals surface area (Å²) in [7, 11) is -3.75. The van der Waals surface area contributed by atoms with Gasteiger partial charge in [0.2, 0.25) is 15.9 Å². The second-order valence-electron chi connectivity index (χ2n) is 5.66. The molecular formula is C16H16N4O3S2. The molecule has 9 heteroatoms. The highest BCUT2D eigenvalue weighted by atomic mass is 32.2. The topological polar surface area (TPSA) is 125 Å². The number of nitrogens with one attached hydrogen (secondary N) is 2. The van der Waals surface area contributed by atoms with Crippen molar-refractivity contribution in [1.29, 1.82) is 5.26 Å². The summed E-state index contributed by atoms with van der Waals surface area (Å²) in [5, 5.41) is 21.1. The van der Waals surface area contributed by atoms with Crippen LogP contribution in [-0.4, -0.2) is 20.9 Å². The lowest BCUT2D eigenvalue weighted by Crippen LogP contribution is -2.22. The van der Waals surface area contributed by atoms with Crippen molar-refractivity contribution >= 4 is 32.3 Å². The molecule has 1 amide bonds. The number of nitrogens with zero attached hydrogens (tertiary/aromatic N) is 1. The van der Waals surface area contributed by atoms with Gasteiger partial charge < -0.3 is 10.6 Å². The Hall–Kier alpha value is -2.25. The van der Waals surface area contributed by atoms with Gasteiger partial charge in [-0.25, -0.2) is 13.6 Å². The molecule has 1 aliphatic rings. The summed E-state index contributed by atoms with van der Waals surface area (Å²) < 4.78 is 22.5. The Morgan fingerprint density at radius 1 is 1.36 bits per heavy atom. The maximum atomic E-state index is 12.3. The minimum Gasteiger partial charge on any atom is -0.316 e. The quantitative estimate of drug-likeness (QED) is 0.737. The molecule has 0 fully saturated rings. The van der Waals surface area contributed by atoms with E-state index in [9.17, 15) is 18.5 Å². The Balaban J connectivity index is 1.73. The van der Waals surface area contributed by atoms with Crippen LogP contribution < -0.4 is 15.8 Å². The Kier molecular flexibility index (Phi) is 4.87. The summed E-state index contributed by atoms with van der Waals surface area (Å²) in [4.78, 5) is 13.4. The zero-order valence-corrected chi connectivity index (χ0v) is 14.8.